The van der Waals surface area contributed by atoms with Crippen molar-refractivity contribution in [1.29, 1.82) is 0 Å². The lowest BCUT2D eigenvalue weighted by Crippen LogP contribution is -2.59. The highest BCUT2D eigenvalue weighted by Gasteiger charge is 2.44. The zero-order valence-corrected chi connectivity index (χ0v) is 17.9. The molecule has 14 nitrogen and oxygen atoms in total. The van der Waals surface area contributed by atoms with Gasteiger partial charge in [-0.2, -0.15) is 0 Å². The maximum atomic E-state index is 12.7. The minimum Gasteiger partial charge on any atom is -0.480 e. The van der Waals surface area contributed by atoms with Gasteiger partial charge in [0.1, 0.15) is 5.54 Å². The second-order valence-electron chi connectivity index (χ2n) is 6.89. The third kappa shape index (κ3) is 10.8. The maximum absolute atomic E-state index is 12.7. The molecule has 0 atom stereocenters. The Bertz CT molecular complexity index is 562. The van der Waals surface area contributed by atoms with E-state index in [-0.39, 0.29) is 45.8 Å². The van der Waals surface area contributed by atoms with Gasteiger partial charge in [0, 0.05) is 39.3 Å². The Kier molecular flexibility index (Phi) is 15.1. The molecule has 0 saturated carbocycles. The van der Waals surface area contributed by atoms with Crippen LogP contribution in [0.3, 0.4) is 0 Å². The SMILES string of the molecule is O=C(O)CNCCNC(CC(=O)N(CCO)CCO)(CC(=O)N(CCO)CCO)C(=O)O. The molecule has 8 N–H and O–H groups in total. The minimum absolute atomic E-state index is 0.0255. The Labute approximate surface area is 185 Å². The molecule has 2 amide bonds. The van der Waals surface area contributed by atoms with Gasteiger partial charge in [-0.05, 0) is 0 Å². The lowest BCUT2D eigenvalue weighted by atomic mass is 9.89. The molecule has 186 valence electrons. The summed E-state index contributed by atoms with van der Waals surface area (Å²) in [7, 11) is 0. The van der Waals surface area contributed by atoms with Gasteiger partial charge in [0.25, 0.3) is 0 Å². The minimum atomic E-state index is -2.09. The fourth-order valence-corrected chi connectivity index (χ4v) is 2.94. The molecule has 0 radical (unpaired) electrons. The van der Waals surface area contributed by atoms with Crippen molar-refractivity contribution in [1.82, 2.24) is 20.4 Å². The number of hydrogen-bond acceptors (Lipinski definition) is 10. The molecule has 0 aliphatic rings. The van der Waals surface area contributed by atoms with Crippen LogP contribution in [0.4, 0.5) is 0 Å². The van der Waals surface area contributed by atoms with Gasteiger partial charge < -0.3 is 45.8 Å². The number of carbonyl (C=O) groups excluding carboxylic acids is 2. The van der Waals surface area contributed by atoms with Crippen molar-refractivity contribution in [2.75, 3.05) is 72.2 Å². The van der Waals surface area contributed by atoms with E-state index in [4.69, 9.17) is 25.5 Å². The van der Waals surface area contributed by atoms with Gasteiger partial charge in [-0.3, -0.25) is 24.5 Å². The van der Waals surface area contributed by atoms with E-state index in [2.05, 4.69) is 10.6 Å². The highest BCUT2D eigenvalue weighted by atomic mass is 16.4. The van der Waals surface area contributed by atoms with Crippen LogP contribution < -0.4 is 10.6 Å². The average molecular weight is 466 g/mol. The van der Waals surface area contributed by atoms with Gasteiger partial charge in [-0.15, -0.1) is 0 Å². The maximum Gasteiger partial charge on any atom is 0.324 e. The Morgan fingerprint density at radius 2 is 1.09 bits per heavy atom. The number of rotatable bonds is 19. The van der Waals surface area contributed by atoms with E-state index in [0.29, 0.717) is 0 Å². The summed E-state index contributed by atoms with van der Waals surface area (Å²) in [5, 5.41) is 60.3. The largest absolute Gasteiger partial charge is 0.480 e. The number of aliphatic hydroxyl groups excluding tert-OH is 4. The molecule has 32 heavy (non-hydrogen) atoms. The normalized spacial score (nSPS) is 11.2. The lowest BCUT2D eigenvalue weighted by Gasteiger charge is -2.34. The van der Waals surface area contributed by atoms with E-state index in [0.717, 1.165) is 9.80 Å². The topological polar surface area (TPSA) is 220 Å². The zero-order valence-electron chi connectivity index (χ0n) is 17.9. The summed E-state index contributed by atoms with van der Waals surface area (Å²) in [5.41, 5.74) is -2.09. The van der Waals surface area contributed by atoms with Gasteiger partial charge in [0.05, 0.1) is 45.8 Å². The molecular formula is C18H34N4O10. The number of nitrogens with one attached hydrogen (secondary N) is 2. The van der Waals surface area contributed by atoms with Gasteiger partial charge in [-0.1, -0.05) is 0 Å². The van der Waals surface area contributed by atoms with Gasteiger partial charge in [-0.25, -0.2) is 0 Å². The monoisotopic (exact) mass is 466 g/mol. The Hall–Kier alpha value is -2.36. The van der Waals surface area contributed by atoms with E-state index < -0.39 is 68.6 Å². The second kappa shape index (κ2) is 16.3. The molecule has 14 heteroatoms. The first kappa shape index (κ1) is 29.6. The van der Waals surface area contributed by atoms with E-state index >= 15 is 0 Å². The summed E-state index contributed by atoms with van der Waals surface area (Å²) in [4.78, 5) is 50.4. The molecule has 0 aromatic carbocycles. The molecule has 0 saturated heterocycles. The van der Waals surface area contributed by atoms with Crippen molar-refractivity contribution in [2.45, 2.75) is 18.4 Å². The molecule has 0 heterocycles. The Morgan fingerprint density at radius 1 is 0.688 bits per heavy atom. The first-order valence-electron chi connectivity index (χ1n) is 10.1. The number of carbonyl (C=O) groups is 4. The van der Waals surface area contributed by atoms with Crippen LogP contribution in [0, 0.1) is 0 Å². The molecule has 0 fully saturated rings. The van der Waals surface area contributed by atoms with E-state index in [1.54, 1.807) is 0 Å². The summed E-state index contributed by atoms with van der Waals surface area (Å²) in [6.45, 7) is -2.71. The molecular weight excluding hydrogens is 432 g/mol. The summed E-state index contributed by atoms with van der Waals surface area (Å²) in [6, 6.07) is 0. The zero-order chi connectivity index (χ0) is 24.6. The number of aliphatic carboxylic acids is 2. The number of carboxylic acid groups (broad SMARTS) is 2. The Balaban J connectivity index is 5.70. The fourth-order valence-electron chi connectivity index (χ4n) is 2.94. The molecule has 0 unspecified atom stereocenters. The van der Waals surface area contributed by atoms with Crippen molar-refractivity contribution >= 4 is 23.8 Å². The summed E-state index contributed by atoms with van der Waals surface area (Å²) in [5.74, 6) is -4.10. The van der Waals surface area contributed by atoms with Crippen molar-refractivity contribution in [3.05, 3.63) is 0 Å². The third-order valence-corrected chi connectivity index (χ3v) is 4.54. The van der Waals surface area contributed by atoms with Crippen LogP contribution in [0.15, 0.2) is 0 Å². The quantitative estimate of drug-likeness (QED) is 0.0844. The second-order valence-corrected chi connectivity index (χ2v) is 6.89. The average Bonchev–Trinajstić information content (AvgIpc) is 2.72. The molecule has 0 aliphatic heterocycles. The molecule has 0 aliphatic carbocycles. The van der Waals surface area contributed by atoms with Crippen molar-refractivity contribution in [2.24, 2.45) is 0 Å². The number of carboxylic acids is 2. The van der Waals surface area contributed by atoms with E-state index in [9.17, 15) is 24.3 Å². The van der Waals surface area contributed by atoms with Crippen LogP contribution >= 0.6 is 0 Å². The highest BCUT2D eigenvalue weighted by Crippen LogP contribution is 2.20. The van der Waals surface area contributed by atoms with E-state index in [1.807, 2.05) is 0 Å². The molecule has 0 spiro atoms. The van der Waals surface area contributed by atoms with Crippen LogP contribution in [-0.4, -0.2) is 142 Å². The first-order chi connectivity index (χ1) is 15.2. The van der Waals surface area contributed by atoms with Crippen molar-refractivity contribution < 1.29 is 49.8 Å². The molecule has 0 bridgehead atoms. The predicted octanol–water partition coefficient (Wildman–Crippen LogP) is -4.52. The van der Waals surface area contributed by atoms with Gasteiger partial charge >= 0.3 is 11.9 Å². The van der Waals surface area contributed by atoms with E-state index in [1.165, 1.54) is 0 Å². The third-order valence-electron chi connectivity index (χ3n) is 4.54. The number of hydrogen-bond donors (Lipinski definition) is 8. The smallest absolute Gasteiger partial charge is 0.324 e. The molecule has 0 rings (SSSR count). The van der Waals surface area contributed by atoms with Crippen LogP contribution in [-0.2, 0) is 19.2 Å². The predicted molar refractivity (Wildman–Crippen MR) is 110 cm³/mol. The number of amides is 2. The standard InChI is InChI=1S/C18H34N4O10/c23-7-3-21(4-8-24)14(27)11-18(17(31)32,20-2-1-19-13-16(29)30)12-15(28)22(5-9-25)6-10-26/h19-20,23-26H,1-13H2,(H,29,30)(H,31,32). The summed E-state index contributed by atoms with van der Waals surface area (Å²) in [6.07, 6.45) is -1.39. The number of nitrogens with zero attached hydrogens (tertiary/aromatic N) is 2. The van der Waals surface area contributed by atoms with Crippen molar-refractivity contribution in [3.63, 3.8) is 0 Å². The van der Waals surface area contributed by atoms with Crippen LogP contribution in [0.5, 0.6) is 0 Å². The fraction of sp³-hybridized carbons (Fsp3) is 0.778. The van der Waals surface area contributed by atoms with Gasteiger partial charge in [0.15, 0.2) is 0 Å². The van der Waals surface area contributed by atoms with Gasteiger partial charge in [0.2, 0.25) is 11.8 Å². The summed E-state index contributed by atoms with van der Waals surface area (Å²) < 4.78 is 0. The molecule has 0 aromatic heterocycles. The number of aliphatic hydroxyl groups is 4. The van der Waals surface area contributed by atoms with Crippen molar-refractivity contribution in [3.8, 4) is 0 Å². The van der Waals surface area contributed by atoms with Crippen LogP contribution in [0.2, 0.25) is 0 Å². The van der Waals surface area contributed by atoms with Crippen LogP contribution in [0.1, 0.15) is 12.8 Å². The highest BCUT2D eigenvalue weighted by molar-refractivity contribution is 5.93. The first-order valence-corrected chi connectivity index (χ1v) is 10.1. The summed E-state index contributed by atoms with van der Waals surface area (Å²) >= 11 is 0. The van der Waals surface area contributed by atoms with Crippen LogP contribution in [0.25, 0.3) is 0 Å². The lowest BCUT2D eigenvalue weighted by molar-refractivity contribution is -0.153. The molecule has 0 aromatic rings. The Morgan fingerprint density at radius 3 is 1.41 bits per heavy atom.